The molecule has 1 saturated carbocycles. The molecule has 0 N–H and O–H groups in total. The molecule has 0 radical (unpaired) electrons. The molecule has 0 aromatic heterocycles. The fourth-order valence-corrected chi connectivity index (χ4v) is 3.83. The van der Waals surface area contributed by atoms with Crippen molar-refractivity contribution in [2.45, 2.75) is 44.6 Å². The van der Waals surface area contributed by atoms with Gasteiger partial charge in [-0.2, -0.15) is 4.31 Å². The van der Waals surface area contributed by atoms with Crippen molar-refractivity contribution >= 4 is 16.0 Å². The van der Waals surface area contributed by atoms with E-state index in [2.05, 4.69) is 0 Å². The van der Waals surface area contributed by atoms with Crippen LogP contribution in [0.15, 0.2) is 23.1 Å². The van der Waals surface area contributed by atoms with E-state index in [1.807, 2.05) is 13.8 Å². The topological polar surface area (TPSA) is 63.7 Å². The van der Waals surface area contributed by atoms with Crippen LogP contribution < -0.4 is 0 Å². The highest BCUT2D eigenvalue weighted by atomic mass is 32.2. The number of hydrogen-bond donors (Lipinski definition) is 0. The summed E-state index contributed by atoms with van der Waals surface area (Å²) < 4.78 is 31.6. The van der Waals surface area contributed by atoms with Crippen molar-refractivity contribution in [3.63, 3.8) is 0 Å². The highest BCUT2D eigenvalue weighted by Gasteiger charge is 2.39. The number of ether oxygens (including phenoxy) is 1. The third-order valence-corrected chi connectivity index (χ3v) is 5.52. The zero-order chi connectivity index (χ0) is 15.6. The molecule has 0 aliphatic heterocycles. The Balaban J connectivity index is 2.29. The lowest BCUT2D eigenvalue weighted by atomic mass is 10.1. The largest absolute Gasteiger partial charge is 0.465 e. The van der Waals surface area contributed by atoms with Gasteiger partial charge in [0, 0.05) is 6.04 Å². The van der Waals surface area contributed by atoms with E-state index in [1.54, 1.807) is 25.1 Å². The minimum absolute atomic E-state index is 0.0824. The second-order valence-corrected chi connectivity index (χ2v) is 7.22. The number of esters is 1. The second kappa shape index (κ2) is 6.15. The summed E-state index contributed by atoms with van der Waals surface area (Å²) in [6, 6.07) is 4.96. The molecule has 5 nitrogen and oxygen atoms in total. The van der Waals surface area contributed by atoms with Crippen molar-refractivity contribution in [2.24, 2.45) is 0 Å². The van der Waals surface area contributed by atoms with Gasteiger partial charge in [0.05, 0.1) is 11.5 Å². The average Bonchev–Trinajstić information content (AvgIpc) is 3.23. The van der Waals surface area contributed by atoms with Gasteiger partial charge >= 0.3 is 5.97 Å². The van der Waals surface area contributed by atoms with Crippen LogP contribution in [0.25, 0.3) is 0 Å². The van der Waals surface area contributed by atoms with Gasteiger partial charge in [0.25, 0.3) is 0 Å². The summed E-state index contributed by atoms with van der Waals surface area (Å²) in [5, 5.41) is 0. The summed E-state index contributed by atoms with van der Waals surface area (Å²) in [7, 11) is -3.66. The van der Waals surface area contributed by atoms with E-state index >= 15 is 0 Å². The highest BCUT2D eigenvalue weighted by molar-refractivity contribution is 7.89. The van der Waals surface area contributed by atoms with Crippen LogP contribution in [0.3, 0.4) is 0 Å². The molecule has 0 saturated heterocycles. The molecule has 0 amide bonds. The van der Waals surface area contributed by atoms with Crippen LogP contribution in [0.2, 0.25) is 0 Å². The fourth-order valence-electron chi connectivity index (χ4n) is 2.12. The Morgan fingerprint density at radius 3 is 2.48 bits per heavy atom. The van der Waals surface area contributed by atoms with Gasteiger partial charge in [-0.15, -0.1) is 0 Å². The summed E-state index contributed by atoms with van der Waals surface area (Å²) in [6.07, 6.45) is 1.59. The molecule has 1 aromatic rings. The molecule has 0 spiro atoms. The Labute approximate surface area is 126 Å². The van der Waals surface area contributed by atoms with Crippen molar-refractivity contribution in [3.8, 4) is 0 Å². The second-order valence-electron chi connectivity index (χ2n) is 5.33. The van der Waals surface area contributed by atoms with Crippen LogP contribution in [0.4, 0.5) is 0 Å². The predicted octanol–water partition coefficient (Wildman–Crippen LogP) is 2.02. The molecule has 1 aliphatic carbocycles. The summed E-state index contributed by atoms with van der Waals surface area (Å²) in [6.45, 7) is 5.55. The van der Waals surface area contributed by atoms with Crippen molar-refractivity contribution in [1.82, 2.24) is 4.31 Å². The van der Waals surface area contributed by atoms with E-state index in [1.165, 1.54) is 4.31 Å². The molecule has 1 aliphatic rings. The molecule has 0 bridgehead atoms. The normalized spacial score (nSPS) is 15.2. The standard InChI is InChI=1S/C15H21NO4S/c1-4-20-15(17)10-16(13-6-7-13)21(18,19)14-8-5-11(2)12(3)9-14/h5,8-9,13H,4,6-7,10H2,1-3H3. The van der Waals surface area contributed by atoms with Crippen LogP contribution in [0.5, 0.6) is 0 Å². The van der Waals surface area contributed by atoms with Gasteiger partial charge in [0.15, 0.2) is 0 Å². The van der Waals surface area contributed by atoms with E-state index in [4.69, 9.17) is 4.74 Å². The molecule has 2 rings (SSSR count). The minimum atomic E-state index is -3.66. The van der Waals surface area contributed by atoms with E-state index in [0.717, 1.165) is 24.0 Å². The number of nitrogens with zero attached hydrogens (tertiary/aromatic N) is 1. The van der Waals surface area contributed by atoms with E-state index in [-0.39, 0.29) is 24.1 Å². The zero-order valence-corrected chi connectivity index (χ0v) is 13.4. The van der Waals surface area contributed by atoms with E-state index in [9.17, 15) is 13.2 Å². The van der Waals surface area contributed by atoms with Crippen LogP contribution in [-0.2, 0) is 19.6 Å². The lowest BCUT2D eigenvalue weighted by Crippen LogP contribution is -2.38. The Morgan fingerprint density at radius 2 is 1.95 bits per heavy atom. The first kappa shape index (κ1) is 16.0. The quantitative estimate of drug-likeness (QED) is 0.754. The maximum atomic E-state index is 12.7. The number of rotatable bonds is 6. The molecule has 0 unspecified atom stereocenters. The van der Waals surface area contributed by atoms with Gasteiger partial charge in [-0.05, 0) is 56.9 Å². The summed E-state index contributed by atoms with van der Waals surface area (Å²) >= 11 is 0. The summed E-state index contributed by atoms with van der Waals surface area (Å²) in [5.41, 5.74) is 1.96. The third-order valence-electron chi connectivity index (χ3n) is 3.63. The Bertz CT molecular complexity index is 635. The molecule has 21 heavy (non-hydrogen) atoms. The number of carbonyl (C=O) groups excluding carboxylic acids is 1. The molecular formula is C15H21NO4S. The van der Waals surface area contributed by atoms with Gasteiger partial charge in [-0.3, -0.25) is 4.79 Å². The fraction of sp³-hybridized carbons (Fsp3) is 0.533. The minimum Gasteiger partial charge on any atom is -0.465 e. The average molecular weight is 311 g/mol. The van der Waals surface area contributed by atoms with E-state index < -0.39 is 16.0 Å². The van der Waals surface area contributed by atoms with Crippen LogP contribution >= 0.6 is 0 Å². The molecule has 1 aromatic carbocycles. The van der Waals surface area contributed by atoms with Gasteiger partial charge in [0.2, 0.25) is 10.0 Å². The number of hydrogen-bond acceptors (Lipinski definition) is 4. The maximum Gasteiger partial charge on any atom is 0.321 e. The number of aryl methyl sites for hydroxylation is 2. The first-order valence-corrected chi connectivity index (χ1v) is 8.55. The molecule has 6 heteroatoms. The van der Waals surface area contributed by atoms with Crippen LogP contribution in [0, 0.1) is 13.8 Å². The number of sulfonamides is 1. The number of benzene rings is 1. The smallest absolute Gasteiger partial charge is 0.321 e. The Kier molecular flexibility index (Phi) is 4.68. The number of carbonyl (C=O) groups is 1. The Hall–Kier alpha value is -1.40. The van der Waals surface area contributed by atoms with Crippen LogP contribution in [-0.4, -0.2) is 37.9 Å². The first-order valence-electron chi connectivity index (χ1n) is 7.11. The van der Waals surface area contributed by atoms with Gasteiger partial charge in [0.1, 0.15) is 6.54 Å². The molecule has 116 valence electrons. The highest BCUT2D eigenvalue weighted by Crippen LogP contribution is 2.32. The first-order chi connectivity index (χ1) is 9.86. The van der Waals surface area contributed by atoms with Crippen molar-refractivity contribution < 1.29 is 17.9 Å². The zero-order valence-electron chi connectivity index (χ0n) is 12.6. The van der Waals surface area contributed by atoms with Gasteiger partial charge < -0.3 is 4.74 Å². The summed E-state index contributed by atoms with van der Waals surface area (Å²) in [5.74, 6) is -0.503. The van der Waals surface area contributed by atoms with Crippen molar-refractivity contribution in [3.05, 3.63) is 29.3 Å². The van der Waals surface area contributed by atoms with E-state index in [0.29, 0.717) is 0 Å². The lowest BCUT2D eigenvalue weighted by Gasteiger charge is -2.21. The lowest BCUT2D eigenvalue weighted by molar-refractivity contribution is -0.143. The predicted molar refractivity (Wildman–Crippen MR) is 79.5 cm³/mol. The molecular weight excluding hydrogens is 290 g/mol. The van der Waals surface area contributed by atoms with Crippen molar-refractivity contribution in [2.75, 3.05) is 13.2 Å². The van der Waals surface area contributed by atoms with Gasteiger partial charge in [-0.1, -0.05) is 6.07 Å². The molecule has 1 fully saturated rings. The van der Waals surface area contributed by atoms with Gasteiger partial charge in [-0.25, -0.2) is 8.42 Å². The summed E-state index contributed by atoms with van der Waals surface area (Å²) in [4.78, 5) is 11.9. The monoisotopic (exact) mass is 311 g/mol. The maximum absolute atomic E-state index is 12.7. The Morgan fingerprint density at radius 1 is 1.29 bits per heavy atom. The van der Waals surface area contributed by atoms with Crippen LogP contribution in [0.1, 0.15) is 30.9 Å². The SMILES string of the molecule is CCOC(=O)CN(C1CC1)S(=O)(=O)c1ccc(C)c(C)c1. The third kappa shape index (κ3) is 3.63. The molecule has 0 heterocycles. The molecule has 0 atom stereocenters. The van der Waals surface area contributed by atoms with Crippen molar-refractivity contribution in [1.29, 1.82) is 0 Å².